The highest BCUT2D eigenvalue weighted by Gasteiger charge is 2.19. The molecule has 1 aromatic rings. The molecule has 1 aliphatic heterocycles. The number of aromatic nitrogens is 1. The van der Waals surface area contributed by atoms with Crippen molar-refractivity contribution < 1.29 is 4.79 Å². The number of hydrogen-bond acceptors (Lipinski definition) is 4. The molecule has 2 heterocycles. The van der Waals surface area contributed by atoms with Crippen LogP contribution in [0.1, 0.15) is 45.2 Å². The van der Waals surface area contributed by atoms with Gasteiger partial charge in [-0.3, -0.25) is 9.79 Å². The molecule has 2 rings (SSSR count). The van der Waals surface area contributed by atoms with Crippen molar-refractivity contribution in [2.45, 2.75) is 52.5 Å². The van der Waals surface area contributed by atoms with Crippen LogP contribution in [0.3, 0.4) is 0 Å². The second kappa shape index (κ2) is 13.7. The summed E-state index contributed by atoms with van der Waals surface area (Å²) >= 11 is 0. The molecule has 158 valence electrons. The number of carbonyl (C=O) groups is 1. The maximum absolute atomic E-state index is 12.1. The van der Waals surface area contributed by atoms with Gasteiger partial charge in [0.1, 0.15) is 5.82 Å². The summed E-state index contributed by atoms with van der Waals surface area (Å²) in [5.74, 6) is 1.32. The second-order valence-electron chi connectivity index (χ2n) is 6.98. The van der Waals surface area contributed by atoms with Crippen LogP contribution in [0.25, 0.3) is 0 Å². The minimum atomic E-state index is -0.0689. The SMILES string of the molecule is CCCN1CCC(NC(=NCCC(=O)Nc2cccc(C)n2)NCC)CC1.I. The average Bonchev–Trinajstić information content (AvgIpc) is 2.64. The first-order valence-electron chi connectivity index (χ1n) is 10.1. The van der Waals surface area contributed by atoms with Gasteiger partial charge < -0.3 is 20.9 Å². The first-order chi connectivity index (χ1) is 13.1. The molecule has 1 aromatic heterocycles. The molecule has 3 N–H and O–H groups in total. The summed E-state index contributed by atoms with van der Waals surface area (Å²) in [4.78, 5) is 23.5. The van der Waals surface area contributed by atoms with Gasteiger partial charge in [0.2, 0.25) is 5.91 Å². The number of nitrogens with one attached hydrogen (secondary N) is 3. The number of aryl methyl sites for hydroxylation is 1. The quantitative estimate of drug-likeness (QED) is 0.290. The van der Waals surface area contributed by atoms with Crippen molar-refractivity contribution in [2.24, 2.45) is 4.99 Å². The van der Waals surface area contributed by atoms with Gasteiger partial charge in [0, 0.05) is 37.8 Å². The number of hydrogen-bond donors (Lipinski definition) is 3. The van der Waals surface area contributed by atoms with Crippen molar-refractivity contribution in [3.63, 3.8) is 0 Å². The molecule has 0 atom stereocenters. The van der Waals surface area contributed by atoms with Crippen molar-refractivity contribution >= 4 is 41.7 Å². The van der Waals surface area contributed by atoms with Crippen LogP contribution in [0.2, 0.25) is 0 Å². The number of pyridine rings is 1. The van der Waals surface area contributed by atoms with Gasteiger partial charge in [-0.05, 0) is 51.8 Å². The second-order valence-corrected chi connectivity index (χ2v) is 6.98. The predicted octanol–water partition coefficient (Wildman–Crippen LogP) is 2.77. The fraction of sp³-hybridized carbons (Fsp3) is 0.650. The molecular formula is C20H35IN6O. The van der Waals surface area contributed by atoms with Gasteiger partial charge in [-0.25, -0.2) is 4.98 Å². The fourth-order valence-corrected chi connectivity index (χ4v) is 3.22. The Hall–Kier alpha value is -1.42. The number of carbonyl (C=O) groups excluding carboxylic acids is 1. The first-order valence-corrected chi connectivity index (χ1v) is 10.1. The van der Waals surface area contributed by atoms with E-state index in [2.05, 4.69) is 44.7 Å². The summed E-state index contributed by atoms with van der Waals surface area (Å²) in [6, 6.07) is 6.03. The van der Waals surface area contributed by atoms with Crippen molar-refractivity contribution in [3.8, 4) is 0 Å². The van der Waals surface area contributed by atoms with Crippen LogP contribution in [0.15, 0.2) is 23.2 Å². The number of nitrogens with zero attached hydrogens (tertiary/aromatic N) is 3. The van der Waals surface area contributed by atoms with E-state index in [1.807, 2.05) is 19.1 Å². The Morgan fingerprint density at radius 2 is 2.04 bits per heavy atom. The zero-order chi connectivity index (χ0) is 19.5. The standard InChI is InChI=1S/C20H34N6O.HI/c1-4-13-26-14-10-17(11-15-26)24-20(21-5-2)22-12-9-19(27)25-18-8-6-7-16(3)23-18;/h6-8,17H,4-5,9-15H2,1-3H3,(H2,21,22,24)(H,23,25,27);1H. The summed E-state index contributed by atoms with van der Waals surface area (Å²) in [5, 5.41) is 9.62. The van der Waals surface area contributed by atoms with Crippen LogP contribution < -0.4 is 16.0 Å². The Morgan fingerprint density at radius 1 is 1.29 bits per heavy atom. The largest absolute Gasteiger partial charge is 0.357 e. The van der Waals surface area contributed by atoms with Gasteiger partial charge in [0.05, 0.1) is 6.54 Å². The third kappa shape index (κ3) is 9.18. The number of guanidine groups is 1. The summed E-state index contributed by atoms with van der Waals surface area (Å²) < 4.78 is 0. The van der Waals surface area contributed by atoms with E-state index in [0.29, 0.717) is 24.8 Å². The topological polar surface area (TPSA) is 81.7 Å². The Kier molecular flexibility index (Phi) is 12.1. The molecule has 7 nitrogen and oxygen atoms in total. The Balaban J connectivity index is 0.00000392. The van der Waals surface area contributed by atoms with Gasteiger partial charge >= 0.3 is 0 Å². The summed E-state index contributed by atoms with van der Waals surface area (Å²) in [6.45, 7) is 10.9. The van der Waals surface area contributed by atoms with E-state index in [9.17, 15) is 4.79 Å². The van der Waals surface area contributed by atoms with Gasteiger partial charge in [-0.2, -0.15) is 0 Å². The zero-order valence-electron chi connectivity index (χ0n) is 17.3. The molecule has 0 saturated carbocycles. The number of rotatable bonds is 8. The van der Waals surface area contributed by atoms with E-state index in [1.165, 1.54) is 13.0 Å². The molecule has 28 heavy (non-hydrogen) atoms. The van der Waals surface area contributed by atoms with Crippen molar-refractivity contribution in [1.82, 2.24) is 20.5 Å². The highest BCUT2D eigenvalue weighted by Crippen LogP contribution is 2.10. The van der Waals surface area contributed by atoms with Gasteiger partial charge in [-0.1, -0.05) is 13.0 Å². The smallest absolute Gasteiger partial charge is 0.227 e. The molecule has 1 fully saturated rings. The summed E-state index contributed by atoms with van der Waals surface area (Å²) in [6.07, 6.45) is 3.80. The van der Waals surface area contributed by atoms with E-state index in [-0.39, 0.29) is 29.9 Å². The van der Waals surface area contributed by atoms with Crippen LogP contribution >= 0.6 is 24.0 Å². The lowest BCUT2D eigenvalue weighted by Crippen LogP contribution is -2.48. The lowest BCUT2D eigenvalue weighted by atomic mass is 10.1. The maximum atomic E-state index is 12.1. The molecule has 8 heteroatoms. The van der Waals surface area contributed by atoms with E-state index in [0.717, 1.165) is 44.1 Å². The molecule has 0 radical (unpaired) electrons. The zero-order valence-corrected chi connectivity index (χ0v) is 19.7. The molecule has 1 amide bonds. The first kappa shape index (κ1) is 24.6. The molecular weight excluding hydrogens is 467 g/mol. The van der Waals surface area contributed by atoms with Crippen molar-refractivity contribution in [3.05, 3.63) is 23.9 Å². The van der Waals surface area contributed by atoms with E-state index in [4.69, 9.17) is 0 Å². The van der Waals surface area contributed by atoms with E-state index < -0.39 is 0 Å². The average molecular weight is 502 g/mol. The molecule has 1 saturated heterocycles. The predicted molar refractivity (Wildman–Crippen MR) is 127 cm³/mol. The highest BCUT2D eigenvalue weighted by atomic mass is 127. The number of likely N-dealkylation sites (tertiary alicyclic amines) is 1. The molecule has 0 spiro atoms. The van der Waals surface area contributed by atoms with Crippen molar-refractivity contribution in [2.75, 3.05) is 38.0 Å². The van der Waals surface area contributed by atoms with Crippen LogP contribution in [-0.4, -0.2) is 60.5 Å². The van der Waals surface area contributed by atoms with Gasteiger partial charge in [0.25, 0.3) is 0 Å². The number of aliphatic imine (C=N–C) groups is 1. The lowest BCUT2D eigenvalue weighted by molar-refractivity contribution is -0.116. The molecule has 1 aliphatic rings. The maximum Gasteiger partial charge on any atom is 0.227 e. The monoisotopic (exact) mass is 502 g/mol. The van der Waals surface area contributed by atoms with Gasteiger partial charge in [-0.15, -0.1) is 24.0 Å². The minimum absolute atomic E-state index is 0. The van der Waals surface area contributed by atoms with E-state index in [1.54, 1.807) is 6.07 Å². The van der Waals surface area contributed by atoms with Crippen LogP contribution in [-0.2, 0) is 4.79 Å². The van der Waals surface area contributed by atoms with Crippen LogP contribution in [0.4, 0.5) is 5.82 Å². The number of amides is 1. The Bertz CT molecular complexity index is 616. The van der Waals surface area contributed by atoms with Gasteiger partial charge in [0.15, 0.2) is 5.96 Å². The number of halogens is 1. The van der Waals surface area contributed by atoms with E-state index >= 15 is 0 Å². The van der Waals surface area contributed by atoms with Crippen LogP contribution in [0.5, 0.6) is 0 Å². The summed E-state index contributed by atoms with van der Waals surface area (Å²) in [7, 11) is 0. The normalized spacial score (nSPS) is 15.6. The highest BCUT2D eigenvalue weighted by molar-refractivity contribution is 14.0. The molecule has 0 bridgehead atoms. The Labute approximate surface area is 186 Å². The molecule has 0 aromatic carbocycles. The van der Waals surface area contributed by atoms with Crippen molar-refractivity contribution in [1.29, 1.82) is 0 Å². The summed E-state index contributed by atoms with van der Waals surface area (Å²) in [5.41, 5.74) is 0.884. The minimum Gasteiger partial charge on any atom is -0.357 e. The fourth-order valence-electron chi connectivity index (χ4n) is 3.22. The van der Waals surface area contributed by atoms with Crippen LogP contribution in [0, 0.1) is 6.92 Å². The lowest BCUT2D eigenvalue weighted by Gasteiger charge is -2.32. The molecule has 0 unspecified atom stereocenters. The molecule has 0 aliphatic carbocycles. The number of piperidine rings is 1. The Morgan fingerprint density at radius 3 is 2.68 bits per heavy atom. The number of anilines is 1. The third-order valence-corrected chi connectivity index (χ3v) is 4.58. The third-order valence-electron chi connectivity index (χ3n) is 4.58.